The van der Waals surface area contributed by atoms with Crippen molar-refractivity contribution in [3.8, 4) is 5.75 Å². The third-order valence-corrected chi connectivity index (χ3v) is 5.59. The lowest BCUT2D eigenvalue weighted by atomic mass is 9.87. The van der Waals surface area contributed by atoms with Crippen LogP contribution in [0.25, 0.3) is 0 Å². The van der Waals surface area contributed by atoms with E-state index < -0.39 is 10.0 Å². The molecule has 2 rings (SSSR count). The van der Waals surface area contributed by atoms with Gasteiger partial charge in [-0.3, -0.25) is 4.72 Å². The van der Waals surface area contributed by atoms with Crippen LogP contribution in [-0.2, 0) is 15.4 Å². The first-order valence-electron chi connectivity index (χ1n) is 8.19. The minimum absolute atomic E-state index is 0.162. The molecule has 0 saturated carbocycles. The Hall–Kier alpha value is -1.53. The van der Waals surface area contributed by atoms with E-state index in [0.717, 1.165) is 16.5 Å². The van der Waals surface area contributed by atoms with Crippen molar-refractivity contribution in [2.45, 2.75) is 44.4 Å². The van der Waals surface area contributed by atoms with Gasteiger partial charge in [0.05, 0.1) is 6.61 Å². The van der Waals surface area contributed by atoms with Gasteiger partial charge in [0.2, 0.25) is 0 Å². The molecule has 1 N–H and O–H groups in total. The van der Waals surface area contributed by atoms with E-state index in [2.05, 4.69) is 20.7 Å². The third-order valence-electron chi connectivity index (χ3n) is 3.66. The Bertz CT molecular complexity index is 825. The summed E-state index contributed by atoms with van der Waals surface area (Å²) in [6.45, 7) is 8.60. The van der Waals surface area contributed by atoms with Crippen LogP contribution in [-0.4, -0.2) is 15.0 Å². The average molecular weight is 426 g/mol. The summed E-state index contributed by atoms with van der Waals surface area (Å²) in [5.41, 5.74) is 1.28. The lowest BCUT2D eigenvalue weighted by Crippen LogP contribution is -2.17. The highest BCUT2D eigenvalue weighted by atomic mass is 79.9. The second-order valence-corrected chi connectivity index (χ2v) is 9.44. The van der Waals surface area contributed by atoms with Crippen LogP contribution in [0.4, 0.5) is 5.69 Å². The Morgan fingerprint density at radius 3 is 2.28 bits per heavy atom. The molecule has 0 bridgehead atoms. The van der Waals surface area contributed by atoms with Crippen molar-refractivity contribution in [1.82, 2.24) is 0 Å². The van der Waals surface area contributed by atoms with E-state index in [-0.39, 0.29) is 10.3 Å². The molecule has 0 saturated heterocycles. The highest BCUT2D eigenvalue weighted by Crippen LogP contribution is 2.32. The van der Waals surface area contributed by atoms with Crippen molar-refractivity contribution in [3.05, 3.63) is 52.5 Å². The van der Waals surface area contributed by atoms with Crippen molar-refractivity contribution < 1.29 is 13.2 Å². The van der Waals surface area contributed by atoms with Gasteiger partial charge in [0.25, 0.3) is 10.0 Å². The van der Waals surface area contributed by atoms with Crippen LogP contribution >= 0.6 is 15.9 Å². The maximum Gasteiger partial charge on any atom is 0.265 e. The van der Waals surface area contributed by atoms with E-state index in [0.29, 0.717) is 18.0 Å². The van der Waals surface area contributed by atoms with Crippen molar-refractivity contribution in [2.24, 2.45) is 0 Å². The summed E-state index contributed by atoms with van der Waals surface area (Å²) >= 11 is 3.34. The molecule has 0 aliphatic rings. The second-order valence-electron chi connectivity index (χ2n) is 6.87. The smallest absolute Gasteiger partial charge is 0.265 e. The Labute approximate surface area is 158 Å². The van der Waals surface area contributed by atoms with Crippen LogP contribution in [0.15, 0.2) is 51.8 Å². The fourth-order valence-corrected chi connectivity index (χ4v) is 3.74. The van der Waals surface area contributed by atoms with Crippen LogP contribution in [0.5, 0.6) is 5.75 Å². The molecule has 0 spiro atoms. The fraction of sp³-hybridized carbons (Fsp3) is 0.368. The van der Waals surface area contributed by atoms with Crippen molar-refractivity contribution >= 4 is 31.6 Å². The minimum atomic E-state index is -3.76. The molecule has 0 amide bonds. The highest BCUT2D eigenvalue weighted by Gasteiger charge is 2.24. The summed E-state index contributed by atoms with van der Waals surface area (Å²) in [5, 5.41) is 0. The fourth-order valence-electron chi connectivity index (χ4n) is 2.24. The number of sulfonamides is 1. The van der Waals surface area contributed by atoms with Gasteiger partial charge in [0.1, 0.15) is 10.6 Å². The molecule has 136 valence electrons. The monoisotopic (exact) mass is 425 g/mol. The minimum Gasteiger partial charge on any atom is -0.492 e. The summed E-state index contributed by atoms with van der Waals surface area (Å²) in [6.07, 6.45) is 0.806. The van der Waals surface area contributed by atoms with Gasteiger partial charge in [-0.1, -0.05) is 49.7 Å². The molecule has 0 aliphatic carbocycles. The zero-order chi connectivity index (χ0) is 18.7. The predicted molar refractivity (Wildman–Crippen MR) is 106 cm³/mol. The standard InChI is InChI=1S/C19H24BrNO3S/c1-5-12-24-17-11-6-14(19(2,3)4)13-18(17)25(22,23)21-16-9-7-15(20)8-10-16/h6-11,13,21H,5,12H2,1-4H3. The van der Waals surface area contributed by atoms with E-state index in [1.807, 2.05) is 33.8 Å². The molecule has 25 heavy (non-hydrogen) atoms. The molecule has 4 nitrogen and oxygen atoms in total. The first kappa shape index (κ1) is 19.8. The lowest BCUT2D eigenvalue weighted by molar-refractivity contribution is 0.309. The predicted octanol–water partition coefficient (Wildman–Crippen LogP) is 5.34. The van der Waals surface area contributed by atoms with Gasteiger partial charge < -0.3 is 4.74 Å². The first-order valence-corrected chi connectivity index (χ1v) is 10.5. The highest BCUT2D eigenvalue weighted by molar-refractivity contribution is 9.10. The van der Waals surface area contributed by atoms with Crippen LogP contribution < -0.4 is 9.46 Å². The van der Waals surface area contributed by atoms with Gasteiger partial charge >= 0.3 is 0 Å². The van der Waals surface area contributed by atoms with Gasteiger partial charge in [-0.15, -0.1) is 0 Å². The molecule has 0 fully saturated rings. The molecule has 0 atom stereocenters. The zero-order valence-electron chi connectivity index (χ0n) is 15.0. The van der Waals surface area contributed by atoms with E-state index in [9.17, 15) is 8.42 Å². The molecule has 0 unspecified atom stereocenters. The quantitative estimate of drug-likeness (QED) is 0.679. The van der Waals surface area contributed by atoms with Gasteiger partial charge in [-0.25, -0.2) is 8.42 Å². The second kappa shape index (κ2) is 7.79. The van der Waals surface area contributed by atoms with Gasteiger partial charge in [0.15, 0.2) is 0 Å². The molecule has 0 aromatic heterocycles. The summed E-state index contributed by atoms with van der Waals surface area (Å²) < 4.78 is 35.1. The average Bonchev–Trinajstić information content (AvgIpc) is 2.54. The first-order chi connectivity index (χ1) is 11.6. The van der Waals surface area contributed by atoms with E-state index in [4.69, 9.17) is 4.74 Å². The molecule has 0 radical (unpaired) electrons. The van der Waals surface area contributed by atoms with Crippen molar-refractivity contribution in [1.29, 1.82) is 0 Å². The van der Waals surface area contributed by atoms with Crippen LogP contribution in [0.1, 0.15) is 39.7 Å². The van der Waals surface area contributed by atoms with Crippen molar-refractivity contribution in [2.75, 3.05) is 11.3 Å². The van der Waals surface area contributed by atoms with Crippen LogP contribution in [0.3, 0.4) is 0 Å². The van der Waals surface area contributed by atoms with Crippen molar-refractivity contribution in [3.63, 3.8) is 0 Å². The molecule has 2 aromatic rings. The Morgan fingerprint density at radius 1 is 1.08 bits per heavy atom. The van der Waals surface area contributed by atoms with Gasteiger partial charge in [-0.2, -0.15) is 0 Å². The molecular formula is C19H24BrNO3S. The summed E-state index contributed by atoms with van der Waals surface area (Å²) in [5.74, 6) is 0.375. The molecule has 0 aliphatic heterocycles. The largest absolute Gasteiger partial charge is 0.492 e. The normalized spacial score (nSPS) is 12.0. The summed E-state index contributed by atoms with van der Waals surface area (Å²) in [6, 6.07) is 12.4. The third kappa shape index (κ3) is 5.22. The van der Waals surface area contributed by atoms with E-state index in [1.54, 1.807) is 36.4 Å². The van der Waals surface area contributed by atoms with Gasteiger partial charge in [-0.05, 0) is 53.8 Å². The van der Waals surface area contributed by atoms with Crippen LogP contribution in [0, 0.1) is 0 Å². The number of hydrogen-bond donors (Lipinski definition) is 1. The maximum atomic E-state index is 12.9. The summed E-state index contributed by atoms with van der Waals surface area (Å²) in [7, 11) is -3.76. The lowest BCUT2D eigenvalue weighted by Gasteiger charge is -2.21. The molecule has 2 aromatic carbocycles. The topological polar surface area (TPSA) is 55.4 Å². The Balaban J connectivity index is 2.46. The number of anilines is 1. The van der Waals surface area contributed by atoms with Gasteiger partial charge in [0, 0.05) is 10.2 Å². The Morgan fingerprint density at radius 2 is 1.72 bits per heavy atom. The number of nitrogens with one attached hydrogen (secondary N) is 1. The molecule has 6 heteroatoms. The zero-order valence-corrected chi connectivity index (χ0v) is 17.4. The molecular weight excluding hydrogens is 402 g/mol. The van der Waals surface area contributed by atoms with E-state index >= 15 is 0 Å². The van der Waals surface area contributed by atoms with Crippen LogP contribution in [0.2, 0.25) is 0 Å². The Kier molecular flexibility index (Phi) is 6.16. The number of hydrogen-bond acceptors (Lipinski definition) is 3. The maximum absolute atomic E-state index is 12.9. The number of ether oxygens (including phenoxy) is 1. The van der Waals surface area contributed by atoms with E-state index in [1.165, 1.54) is 0 Å². The number of rotatable bonds is 6. The summed E-state index contributed by atoms with van der Waals surface area (Å²) in [4.78, 5) is 0.163. The SMILES string of the molecule is CCCOc1ccc(C(C)(C)C)cc1S(=O)(=O)Nc1ccc(Br)cc1. The number of halogens is 1. The number of benzene rings is 2. The molecule has 0 heterocycles.